The molecule has 1 unspecified atom stereocenters. The molecule has 142 valence electrons. The van der Waals surface area contributed by atoms with E-state index in [1.54, 1.807) is 25.1 Å². The van der Waals surface area contributed by atoms with E-state index in [0.29, 0.717) is 13.2 Å². The molecule has 0 aliphatic carbocycles. The number of nitrogens with zero attached hydrogens (tertiary/aromatic N) is 3. The first-order chi connectivity index (χ1) is 12.5. The van der Waals surface area contributed by atoms with Crippen molar-refractivity contribution in [2.24, 2.45) is 0 Å². The summed E-state index contributed by atoms with van der Waals surface area (Å²) >= 11 is 0. The topological polar surface area (TPSA) is 67.5 Å². The van der Waals surface area contributed by atoms with E-state index >= 15 is 0 Å². The lowest BCUT2D eigenvalue weighted by molar-refractivity contribution is -0.125. The predicted octanol–water partition coefficient (Wildman–Crippen LogP) is 2.69. The van der Waals surface area contributed by atoms with Gasteiger partial charge in [0.1, 0.15) is 11.6 Å². The Morgan fingerprint density at radius 1 is 1.54 bits per heavy atom. The van der Waals surface area contributed by atoms with Crippen LogP contribution in [0.15, 0.2) is 11.6 Å². The van der Waals surface area contributed by atoms with E-state index in [1.807, 2.05) is 19.9 Å². The Balaban J connectivity index is 2.15. The summed E-state index contributed by atoms with van der Waals surface area (Å²) in [4.78, 5) is 14.1. The number of hydrogen-bond donors (Lipinski definition) is 0. The number of likely N-dealkylation sites (N-methyl/N-ethyl adjacent to an activating group) is 1. The molecule has 0 aromatic carbocycles. The van der Waals surface area contributed by atoms with Crippen LogP contribution in [0.5, 0.6) is 0 Å². The highest BCUT2D eigenvalue weighted by Gasteiger charge is 2.20. The first-order valence-corrected chi connectivity index (χ1v) is 9.12. The van der Waals surface area contributed by atoms with Crippen LogP contribution in [0.1, 0.15) is 36.2 Å². The number of methoxy groups -OCH3 is 1. The highest BCUT2D eigenvalue weighted by Crippen LogP contribution is 2.22. The van der Waals surface area contributed by atoms with Gasteiger partial charge in [0, 0.05) is 51.8 Å². The van der Waals surface area contributed by atoms with Crippen LogP contribution in [0.25, 0.3) is 6.08 Å². The molecule has 0 bridgehead atoms. The van der Waals surface area contributed by atoms with Gasteiger partial charge in [-0.1, -0.05) is 0 Å². The predicted molar refractivity (Wildman–Crippen MR) is 101 cm³/mol. The SMILES string of the molecule is COCCCN(C)C(=O)/C(C#N)=C/c1cc(C)n(CC2CCCO2)c1C. The molecule has 0 N–H and O–H groups in total. The maximum Gasteiger partial charge on any atom is 0.264 e. The van der Waals surface area contributed by atoms with Crippen molar-refractivity contribution in [2.75, 3.05) is 33.9 Å². The molecular formula is C20H29N3O3. The molecule has 6 nitrogen and oxygen atoms in total. The first-order valence-electron chi connectivity index (χ1n) is 9.12. The van der Waals surface area contributed by atoms with Crippen LogP contribution in [-0.2, 0) is 20.8 Å². The van der Waals surface area contributed by atoms with Crippen LogP contribution < -0.4 is 0 Å². The van der Waals surface area contributed by atoms with Crippen LogP contribution in [0.4, 0.5) is 0 Å². The number of amides is 1. The second kappa shape index (κ2) is 9.56. The van der Waals surface area contributed by atoms with E-state index in [9.17, 15) is 10.1 Å². The summed E-state index contributed by atoms with van der Waals surface area (Å²) in [6.07, 6.45) is 4.88. The first kappa shape index (κ1) is 20.2. The van der Waals surface area contributed by atoms with Crippen molar-refractivity contribution >= 4 is 12.0 Å². The minimum Gasteiger partial charge on any atom is -0.385 e. The fraction of sp³-hybridized carbons (Fsp3) is 0.600. The maximum absolute atomic E-state index is 12.5. The largest absolute Gasteiger partial charge is 0.385 e. The van der Waals surface area contributed by atoms with E-state index in [-0.39, 0.29) is 17.6 Å². The summed E-state index contributed by atoms with van der Waals surface area (Å²) in [5.41, 5.74) is 3.24. The van der Waals surface area contributed by atoms with Crippen molar-refractivity contribution in [3.63, 3.8) is 0 Å². The highest BCUT2D eigenvalue weighted by molar-refractivity contribution is 6.01. The third-order valence-corrected chi connectivity index (χ3v) is 4.86. The van der Waals surface area contributed by atoms with Crippen LogP contribution in [-0.4, -0.2) is 55.4 Å². The second-order valence-corrected chi connectivity index (χ2v) is 6.81. The van der Waals surface area contributed by atoms with Gasteiger partial charge in [0.25, 0.3) is 5.91 Å². The Bertz CT molecular complexity index is 694. The fourth-order valence-corrected chi connectivity index (χ4v) is 3.30. The van der Waals surface area contributed by atoms with Crippen molar-refractivity contribution in [3.05, 3.63) is 28.6 Å². The third kappa shape index (κ3) is 4.96. The number of nitriles is 1. The summed E-state index contributed by atoms with van der Waals surface area (Å²) in [5.74, 6) is -0.257. The molecule has 1 amide bonds. The van der Waals surface area contributed by atoms with Gasteiger partial charge in [0.2, 0.25) is 0 Å². The number of carbonyl (C=O) groups excluding carboxylic acids is 1. The molecule has 1 aromatic rings. The summed E-state index contributed by atoms with van der Waals surface area (Å²) in [7, 11) is 3.35. The molecule has 1 atom stereocenters. The zero-order valence-corrected chi connectivity index (χ0v) is 16.2. The monoisotopic (exact) mass is 359 g/mol. The Morgan fingerprint density at radius 2 is 2.31 bits per heavy atom. The zero-order chi connectivity index (χ0) is 19.1. The molecule has 1 aliphatic heterocycles. The Morgan fingerprint density at radius 3 is 2.92 bits per heavy atom. The third-order valence-electron chi connectivity index (χ3n) is 4.86. The maximum atomic E-state index is 12.5. The summed E-state index contributed by atoms with van der Waals surface area (Å²) in [6.45, 7) is 6.87. The number of hydrogen-bond acceptors (Lipinski definition) is 4. The smallest absolute Gasteiger partial charge is 0.264 e. The molecule has 1 fully saturated rings. The minimum atomic E-state index is -0.257. The summed E-state index contributed by atoms with van der Waals surface area (Å²) in [6, 6.07) is 4.08. The summed E-state index contributed by atoms with van der Waals surface area (Å²) < 4.78 is 13.0. The summed E-state index contributed by atoms with van der Waals surface area (Å²) in [5, 5.41) is 9.46. The van der Waals surface area contributed by atoms with Gasteiger partial charge in [0.05, 0.1) is 6.10 Å². The molecular weight excluding hydrogens is 330 g/mol. The minimum absolute atomic E-state index is 0.155. The van der Waals surface area contributed by atoms with Crippen LogP contribution >= 0.6 is 0 Å². The fourth-order valence-electron chi connectivity index (χ4n) is 3.30. The highest BCUT2D eigenvalue weighted by atomic mass is 16.5. The average molecular weight is 359 g/mol. The van der Waals surface area contributed by atoms with E-state index in [1.165, 1.54) is 0 Å². The van der Waals surface area contributed by atoms with Crippen molar-refractivity contribution in [1.29, 1.82) is 5.26 Å². The van der Waals surface area contributed by atoms with E-state index < -0.39 is 0 Å². The van der Waals surface area contributed by atoms with Crippen LogP contribution in [0, 0.1) is 25.2 Å². The molecule has 2 heterocycles. The normalized spacial score (nSPS) is 17.3. The molecule has 1 aromatic heterocycles. The lowest BCUT2D eigenvalue weighted by Crippen LogP contribution is -2.29. The van der Waals surface area contributed by atoms with E-state index in [4.69, 9.17) is 9.47 Å². The Hall–Kier alpha value is -2.10. The van der Waals surface area contributed by atoms with Crippen molar-refractivity contribution in [2.45, 2.75) is 45.8 Å². The quantitative estimate of drug-likeness (QED) is 0.407. The van der Waals surface area contributed by atoms with Gasteiger partial charge in [-0.3, -0.25) is 4.79 Å². The second-order valence-electron chi connectivity index (χ2n) is 6.81. The van der Waals surface area contributed by atoms with Crippen molar-refractivity contribution in [3.8, 4) is 6.07 Å². The van der Waals surface area contributed by atoms with Gasteiger partial charge >= 0.3 is 0 Å². The number of rotatable bonds is 8. The number of carbonyl (C=O) groups is 1. The molecule has 0 radical (unpaired) electrons. The molecule has 26 heavy (non-hydrogen) atoms. The molecule has 1 aliphatic rings. The Labute approximate surface area is 156 Å². The van der Waals surface area contributed by atoms with Crippen molar-refractivity contribution < 1.29 is 14.3 Å². The van der Waals surface area contributed by atoms with Crippen molar-refractivity contribution in [1.82, 2.24) is 9.47 Å². The molecule has 0 spiro atoms. The average Bonchev–Trinajstić information content (AvgIpc) is 3.23. The standard InChI is InChI=1S/C20H29N3O3/c1-15-11-17(16(2)23(15)14-19-7-5-10-26-19)12-18(13-21)20(24)22(3)8-6-9-25-4/h11-12,19H,5-10,14H2,1-4H3/b18-12+. The van der Waals surface area contributed by atoms with Gasteiger partial charge in [-0.2, -0.15) is 5.26 Å². The van der Waals surface area contributed by atoms with Gasteiger partial charge < -0.3 is 18.9 Å². The molecule has 0 saturated carbocycles. The van der Waals surface area contributed by atoms with E-state index in [2.05, 4.69) is 10.6 Å². The number of aryl methyl sites for hydroxylation is 1. The van der Waals surface area contributed by atoms with Gasteiger partial charge in [-0.15, -0.1) is 0 Å². The van der Waals surface area contributed by atoms with Crippen LogP contribution in [0.3, 0.4) is 0 Å². The molecule has 2 rings (SSSR count). The molecule has 1 saturated heterocycles. The zero-order valence-electron chi connectivity index (χ0n) is 16.2. The van der Waals surface area contributed by atoms with Gasteiger partial charge in [-0.25, -0.2) is 0 Å². The number of ether oxygens (including phenoxy) is 2. The molecule has 6 heteroatoms. The lowest BCUT2D eigenvalue weighted by Gasteiger charge is -2.16. The lowest BCUT2D eigenvalue weighted by atomic mass is 10.1. The van der Waals surface area contributed by atoms with Crippen LogP contribution in [0.2, 0.25) is 0 Å². The van der Waals surface area contributed by atoms with E-state index in [0.717, 1.165) is 49.4 Å². The van der Waals surface area contributed by atoms with Gasteiger partial charge in [0.15, 0.2) is 0 Å². The number of aromatic nitrogens is 1. The Kier molecular flexibility index (Phi) is 7.43. The van der Waals surface area contributed by atoms with Gasteiger partial charge in [-0.05, 0) is 50.8 Å².